The molecule has 872 valence electrons. The number of nitrogens with one attached hydrogen (secondary N) is 3. The molecule has 0 aliphatic heterocycles. The Hall–Kier alpha value is -3.13. The van der Waals surface area contributed by atoms with Gasteiger partial charge >= 0.3 is 5.97 Å². The lowest BCUT2D eigenvalue weighted by Gasteiger charge is -2.20. The number of rotatable bonds is 69. The molecule has 3 amide bonds. The van der Waals surface area contributed by atoms with Gasteiger partial charge in [-0.1, -0.05) is 341 Å². The normalized spacial score (nSPS) is 12.5. The van der Waals surface area contributed by atoms with Gasteiger partial charge in [-0.05, 0) is 210 Å². The maximum absolute atomic E-state index is 12.5. The molecule has 24 heteroatoms. The minimum Gasteiger partial charge on any atom is -0.465 e. The number of ether oxygens (including phenoxy) is 2. The fourth-order valence-corrected chi connectivity index (χ4v) is 16.7. The highest BCUT2D eigenvalue weighted by molar-refractivity contribution is 7.60. The molecule has 0 fully saturated rings. The molecule has 17 nitrogen and oxygen atoms in total. The molecule has 0 radical (unpaired) electrons. The second kappa shape index (κ2) is 102. The van der Waals surface area contributed by atoms with Gasteiger partial charge in [-0.15, -0.1) is 0 Å². The first-order valence-electron chi connectivity index (χ1n) is 56.2. The zero-order chi connectivity index (χ0) is 109. The third kappa shape index (κ3) is 105. The number of hydrogen-bond donors (Lipinski definition) is 3. The third-order valence-corrected chi connectivity index (χ3v) is 24.2. The summed E-state index contributed by atoms with van der Waals surface area (Å²) in [5.41, 5.74) is 1.98. The summed E-state index contributed by atoms with van der Waals surface area (Å²) < 4.78 is 10.7. The number of anilines is 1. The van der Waals surface area contributed by atoms with Crippen molar-refractivity contribution >= 4 is 170 Å². The van der Waals surface area contributed by atoms with Crippen molar-refractivity contribution in [1.29, 1.82) is 0 Å². The van der Waals surface area contributed by atoms with E-state index in [0.29, 0.717) is 182 Å². The summed E-state index contributed by atoms with van der Waals surface area (Å²) in [7, 11) is 0. The van der Waals surface area contributed by atoms with E-state index in [1.165, 1.54) is 12.8 Å². The molecule has 0 aliphatic rings. The average Bonchev–Trinajstić information content (AvgIpc) is 0.862. The number of carbonyl (C=O) groups excluding carboxylic acids is 12. The van der Waals surface area contributed by atoms with Crippen molar-refractivity contribution in [3.05, 3.63) is 29.8 Å². The van der Waals surface area contributed by atoms with Crippen molar-refractivity contribution in [3.63, 3.8) is 0 Å². The Labute approximate surface area is 951 Å². The van der Waals surface area contributed by atoms with Crippen LogP contribution in [0.25, 0.3) is 0 Å². The van der Waals surface area contributed by atoms with Gasteiger partial charge in [0.2, 0.25) is 17.7 Å². The van der Waals surface area contributed by atoms with E-state index in [9.17, 15) is 57.5 Å². The highest BCUT2D eigenvalue weighted by Crippen LogP contribution is 2.31. The molecule has 3 N–H and O–H groups in total. The number of Topliss-reactive ketones (excluding diaryl/α,β-unsaturated/α-hetero) is 8. The smallest absolute Gasteiger partial charge is 0.305 e. The van der Waals surface area contributed by atoms with E-state index >= 15 is 0 Å². The minimum absolute atomic E-state index is 0. The largest absolute Gasteiger partial charge is 0.465 e. The molecule has 146 heavy (non-hydrogen) atoms. The molecule has 1 rings (SSSR count). The van der Waals surface area contributed by atoms with Gasteiger partial charge in [0.05, 0.1) is 6.61 Å². The highest BCUT2D eigenvalue weighted by atomic mass is 32.1. The van der Waals surface area contributed by atoms with Crippen LogP contribution in [0, 0.1) is 166 Å². The molecule has 1 aromatic carbocycles. The molecule has 0 heterocycles. The van der Waals surface area contributed by atoms with Crippen molar-refractivity contribution < 1.29 is 67.0 Å². The topological polar surface area (TPSA) is 259 Å². The predicted octanol–water partition coefficient (Wildman–Crippen LogP) is 32.2. The summed E-state index contributed by atoms with van der Waals surface area (Å²) in [6.45, 7) is 91.0. The SMILES string of the molecule is CC(C)CCC(=O)CCCCC[C@H](CC(C)C)C(=O)C(C)C.CC(C)CCC(=O)Nc1ccc(C[C@H](CC(C)C)C(=O)C(C)C)cc1.CC(C)CCC[C@H](CC(C)C)C(=O)C(C)C.CC(C)CNC(=O)CC[C@H](CC(C)C)C(=O)C(C)C.CC(C)CNC(=O)C[C@H](CC(C)C)C(=O)C(C)C.CC(C)COC(=O)CCCCC[C@H](CC(C)C)C(=O)C(C)C.CC(C)COCC[C@H](CC(C)C)C(=O)C(C)C.S.S.S.S.S.S.S. The molecule has 0 aliphatic carbocycles. The summed E-state index contributed by atoms with van der Waals surface area (Å²) in [6, 6.07) is 7.93. The van der Waals surface area contributed by atoms with Gasteiger partial charge in [0.1, 0.15) is 46.3 Å². The van der Waals surface area contributed by atoms with E-state index in [2.05, 4.69) is 196 Å². The number of benzene rings is 1. The van der Waals surface area contributed by atoms with Gasteiger partial charge in [0, 0.05) is 153 Å². The van der Waals surface area contributed by atoms with E-state index in [0.717, 1.165) is 165 Å². The zero-order valence-electron chi connectivity index (χ0n) is 102. The van der Waals surface area contributed by atoms with Gasteiger partial charge in [0.15, 0.2) is 0 Å². The van der Waals surface area contributed by atoms with E-state index in [1.807, 2.05) is 135 Å². The second-order valence-corrected chi connectivity index (χ2v) is 49.0. The number of amides is 3. The van der Waals surface area contributed by atoms with Gasteiger partial charge in [0.25, 0.3) is 0 Å². The summed E-state index contributed by atoms with van der Waals surface area (Å²) in [5, 5.41) is 8.74. The van der Waals surface area contributed by atoms with Crippen LogP contribution in [0.1, 0.15) is 476 Å². The fourth-order valence-electron chi connectivity index (χ4n) is 16.7. The van der Waals surface area contributed by atoms with Gasteiger partial charge in [-0.2, -0.15) is 94.5 Å². The Morgan fingerprint density at radius 1 is 0.240 bits per heavy atom. The maximum atomic E-state index is 12.5. The predicted molar refractivity (Wildman–Crippen MR) is 665 cm³/mol. The molecule has 7 atom stereocenters. The summed E-state index contributed by atoms with van der Waals surface area (Å²) in [5.74, 6) is 12.1. The molecule has 0 spiro atoms. The van der Waals surface area contributed by atoms with Crippen LogP contribution >= 0.6 is 94.5 Å². The Kier molecular flexibility index (Phi) is 119. The lowest BCUT2D eigenvalue weighted by Crippen LogP contribution is -2.32. The summed E-state index contributed by atoms with van der Waals surface area (Å²) >= 11 is 0. The maximum Gasteiger partial charge on any atom is 0.305 e. The van der Waals surface area contributed by atoms with Crippen LogP contribution in [0.2, 0.25) is 0 Å². The lowest BCUT2D eigenvalue weighted by molar-refractivity contribution is -0.145. The van der Waals surface area contributed by atoms with Gasteiger partial charge in [-0.3, -0.25) is 57.5 Å². The number of esters is 1. The number of ketones is 8. The summed E-state index contributed by atoms with van der Waals surface area (Å²) in [4.78, 5) is 144. The van der Waals surface area contributed by atoms with Crippen molar-refractivity contribution in [3.8, 4) is 0 Å². The van der Waals surface area contributed by atoms with Gasteiger partial charge < -0.3 is 25.4 Å². The van der Waals surface area contributed by atoms with Crippen molar-refractivity contribution in [2.24, 2.45) is 166 Å². The van der Waals surface area contributed by atoms with E-state index in [1.54, 1.807) is 0 Å². The fraction of sp³-hybridized carbons (Fsp3) is 0.852. The zero-order valence-corrected chi connectivity index (χ0v) is 109. The monoisotopic (exact) mass is 2200 g/mol. The van der Waals surface area contributed by atoms with E-state index in [4.69, 9.17) is 9.47 Å². The molecule has 0 bridgehead atoms. The van der Waals surface area contributed by atoms with Crippen LogP contribution in [0.3, 0.4) is 0 Å². The van der Waals surface area contributed by atoms with Crippen LogP contribution in [0.15, 0.2) is 24.3 Å². The van der Waals surface area contributed by atoms with E-state index < -0.39 is 0 Å². The summed E-state index contributed by atoms with van der Waals surface area (Å²) in [6.07, 6.45) is 25.7. The van der Waals surface area contributed by atoms with Gasteiger partial charge in [-0.25, -0.2) is 0 Å². The molecular weight excluding hydrogens is 1960 g/mol. The van der Waals surface area contributed by atoms with Crippen molar-refractivity contribution in [2.75, 3.05) is 38.2 Å². The molecule has 0 saturated heterocycles. The molecule has 0 unspecified atom stereocenters. The standard InChI is InChI=1S/C22H35NO2.C20H38O2.C19H36O3.C16H31NO2.C15H29NO2.C15H30O2.C15H30O.7H2S/c1-15(2)7-12-21(24)23-20-10-8-18(9-11-20)14-19(13-16(3)4)22(25)17(5)6;1-15(2)12-13-19(21)11-9-7-8-10-18(14-16(3)4)20(22)17(5)6;1-14(2)12-17(19(21)16(5)6)10-8-7-9-11-18(20)22-13-15(3)4;1-11(2)9-14(16(19)13(5)6)7-8-15(18)17-10-12(3)4;1-10(2)7-13(15(18)12(5)6)8-14(17)16-9-11(3)4;1-11(2)9-14(15(16)13(5)6)7-8-17-10-12(3)4;1-11(2)8-7-9-14(10-12(3)4)15(16)13(5)6;;;;;;;/h8-11,15-17,19H,7,12-14H2,1-6H3,(H,23,24);15-18H,7-14H2,1-6H3;14-17H,7-13H2,1-6H3;11-14H,7-10H2,1-6H3,(H,17,18);10-13H,7-9H2,1-6H3,(H,16,17);11-14H,7-10H2,1-6H3;11-14H,7-10H2,1-6H3;7*1H2/t19-;18-;17-;14-;13-;2*14-;;;;;;;/m0111011......./s1. The quantitative estimate of drug-likeness (QED) is 0.0405. The first-order chi connectivity index (χ1) is 64.3. The molecular formula is C122H243N3O14S7. The van der Waals surface area contributed by atoms with Crippen LogP contribution in [-0.2, 0) is 73.4 Å². The Morgan fingerprint density at radius 2 is 0.527 bits per heavy atom. The van der Waals surface area contributed by atoms with Crippen molar-refractivity contribution in [2.45, 2.75) is 477 Å². The highest BCUT2D eigenvalue weighted by Gasteiger charge is 2.30. The first kappa shape index (κ1) is 170. The van der Waals surface area contributed by atoms with Crippen LogP contribution in [-0.4, -0.2) is 103 Å². The number of carbonyl (C=O) groups is 12. The Morgan fingerprint density at radius 3 is 0.856 bits per heavy atom. The third-order valence-electron chi connectivity index (χ3n) is 24.2. The van der Waals surface area contributed by atoms with Crippen LogP contribution in [0.4, 0.5) is 5.69 Å². The Bertz CT molecular complexity index is 3300. The minimum atomic E-state index is -0.128. The molecule has 1 aromatic rings. The number of hydrogen-bond acceptors (Lipinski definition) is 14. The second-order valence-electron chi connectivity index (χ2n) is 49.0. The van der Waals surface area contributed by atoms with Crippen LogP contribution < -0.4 is 16.0 Å². The Balaban J connectivity index is -0.000000128. The molecule has 0 saturated carbocycles. The van der Waals surface area contributed by atoms with E-state index in [-0.39, 0.29) is 201 Å². The average molecular weight is 2200 g/mol. The molecule has 0 aromatic heterocycles. The van der Waals surface area contributed by atoms with Crippen molar-refractivity contribution in [1.82, 2.24) is 10.6 Å². The first-order valence-corrected chi connectivity index (χ1v) is 56.2. The lowest BCUT2D eigenvalue weighted by atomic mass is 9.84. The van der Waals surface area contributed by atoms with Crippen LogP contribution in [0.5, 0.6) is 0 Å². The number of unbranched alkanes of at least 4 members (excludes halogenated alkanes) is 4.